The molecule has 1 atom stereocenters. The van der Waals surface area contributed by atoms with Gasteiger partial charge in [-0.25, -0.2) is 4.98 Å². The summed E-state index contributed by atoms with van der Waals surface area (Å²) < 4.78 is 7.34. The van der Waals surface area contributed by atoms with Gasteiger partial charge < -0.3 is 10.1 Å². The summed E-state index contributed by atoms with van der Waals surface area (Å²) in [6.45, 7) is 5.14. The van der Waals surface area contributed by atoms with Gasteiger partial charge in [-0.1, -0.05) is 6.92 Å². The van der Waals surface area contributed by atoms with Crippen molar-refractivity contribution in [1.82, 2.24) is 20.1 Å². The molecule has 2 aromatic rings. The Labute approximate surface area is 107 Å². The number of nitrogens with one attached hydrogen (secondary N) is 1. The SMILES string of the molecule is CCNC(C)c1ccnc(Oc2cnn(C)c2)c1. The van der Waals surface area contributed by atoms with E-state index in [1.54, 1.807) is 17.1 Å². The monoisotopic (exact) mass is 246 g/mol. The van der Waals surface area contributed by atoms with Gasteiger partial charge in [0.2, 0.25) is 5.88 Å². The van der Waals surface area contributed by atoms with Crippen molar-refractivity contribution in [2.45, 2.75) is 19.9 Å². The van der Waals surface area contributed by atoms with Crippen LogP contribution in [0.4, 0.5) is 0 Å². The summed E-state index contributed by atoms with van der Waals surface area (Å²) in [6.07, 6.45) is 5.24. The van der Waals surface area contributed by atoms with Crippen LogP contribution in [0.25, 0.3) is 0 Å². The van der Waals surface area contributed by atoms with E-state index in [0.717, 1.165) is 12.1 Å². The standard InChI is InChI=1S/C13H18N4O/c1-4-14-10(2)11-5-6-15-13(7-11)18-12-8-16-17(3)9-12/h5-10,14H,4H2,1-3H3. The van der Waals surface area contributed by atoms with Crippen LogP contribution in [-0.2, 0) is 7.05 Å². The van der Waals surface area contributed by atoms with E-state index in [-0.39, 0.29) is 6.04 Å². The number of hydrogen-bond donors (Lipinski definition) is 1. The summed E-state index contributed by atoms with van der Waals surface area (Å²) in [6, 6.07) is 4.22. The summed E-state index contributed by atoms with van der Waals surface area (Å²) in [7, 11) is 1.85. The first-order chi connectivity index (χ1) is 8.69. The highest BCUT2D eigenvalue weighted by atomic mass is 16.5. The van der Waals surface area contributed by atoms with Gasteiger partial charge in [0.1, 0.15) is 0 Å². The Hall–Kier alpha value is -1.88. The fourth-order valence-electron chi connectivity index (χ4n) is 1.75. The van der Waals surface area contributed by atoms with Crippen LogP contribution in [0.3, 0.4) is 0 Å². The Morgan fingerprint density at radius 3 is 3.00 bits per heavy atom. The van der Waals surface area contributed by atoms with Crippen LogP contribution in [-0.4, -0.2) is 21.3 Å². The second-order valence-electron chi connectivity index (χ2n) is 4.16. The second kappa shape index (κ2) is 5.64. The Morgan fingerprint density at radius 1 is 1.50 bits per heavy atom. The third kappa shape index (κ3) is 3.07. The first kappa shape index (κ1) is 12.6. The maximum atomic E-state index is 5.65. The molecule has 1 N–H and O–H groups in total. The average molecular weight is 246 g/mol. The number of ether oxygens (including phenoxy) is 1. The Kier molecular flexibility index (Phi) is 3.94. The quantitative estimate of drug-likeness (QED) is 0.879. The number of aryl methyl sites for hydroxylation is 1. The number of aromatic nitrogens is 3. The molecule has 0 saturated carbocycles. The molecule has 18 heavy (non-hydrogen) atoms. The molecule has 2 aromatic heterocycles. The molecule has 2 rings (SSSR count). The van der Waals surface area contributed by atoms with E-state index in [2.05, 4.69) is 29.2 Å². The molecule has 0 aliphatic heterocycles. The summed E-state index contributed by atoms with van der Waals surface area (Å²) in [5, 5.41) is 7.41. The van der Waals surface area contributed by atoms with Gasteiger partial charge >= 0.3 is 0 Å². The third-order valence-electron chi connectivity index (χ3n) is 2.67. The highest BCUT2D eigenvalue weighted by Crippen LogP contribution is 2.21. The minimum atomic E-state index is 0.286. The van der Waals surface area contributed by atoms with Gasteiger partial charge in [0.25, 0.3) is 0 Å². The second-order valence-corrected chi connectivity index (χ2v) is 4.16. The van der Waals surface area contributed by atoms with E-state index >= 15 is 0 Å². The lowest BCUT2D eigenvalue weighted by Crippen LogP contribution is -2.17. The zero-order valence-corrected chi connectivity index (χ0v) is 10.9. The predicted molar refractivity (Wildman–Crippen MR) is 69.6 cm³/mol. The highest BCUT2D eigenvalue weighted by molar-refractivity contribution is 5.27. The summed E-state index contributed by atoms with van der Waals surface area (Å²) in [5.41, 5.74) is 1.16. The fraction of sp³-hybridized carbons (Fsp3) is 0.385. The Balaban J connectivity index is 2.12. The molecular weight excluding hydrogens is 228 g/mol. The molecular formula is C13H18N4O. The van der Waals surface area contributed by atoms with Crippen molar-refractivity contribution in [3.8, 4) is 11.6 Å². The topological polar surface area (TPSA) is 52.0 Å². The van der Waals surface area contributed by atoms with Crippen molar-refractivity contribution in [1.29, 1.82) is 0 Å². The average Bonchev–Trinajstić information content (AvgIpc) is 2.75. The smallest absolute Gasteiger partial charge is 0.219 e. The van der Waals surface area contributed by atoms with Crippen molar-refractivity contribution in [3.63, 3.8) is 0 Å². The molecule has 1 unspecified atom stereocenters. The normalized spacial score (nSPS) is 12.4. The van der Waals surface area contributed by atoms with Crippen molar-refractivity contribution in [2.24, 2.45) is 7.05 Å². The first-order valence-corrected chi connectivity index (χ1v) is 6.05. The van der Waals surface area contributed by atoms with Gasteiger partial charge in [0.05, 0.1) is 12.4 Å². The van der Waals surface area contributed by atoms with E-state index in [4.69, 9.17) is 4.74 Å². The van der Waals surface area contributed by atoms with Crippen molar-refractivity contribution in [2.75, 3.05) is 6.54 Å². The molecule has 0 saturated heterocycles. The van der Waals surface area contributed by atoms with Crippen LogP contribution in [0.15, 0.2) is 30.7 Å². The summed E-state index contributed by atoms with van der Waals surface area (Å²) >= 11 is 0. The van der Waals surface area contributed by atoms with E-state index in [0.29, 0.717) is 11.6 Å². The van der Waals surface area contributed by atoms with E-state index in [9.17, 15) is 0 Å². The van der Waals surface area contributed by atoms with Crippen molar-refractivity contribution >= 4 is 0 Å². The minimum absolute atomic E-state index is 0.286. The zero-order chi connectivity index (χ0) is 13.0. The molecule has 0 amide bonds. The van der Waals surface area contributed by atoms with Crippen molar-refractivity contribution in [3.05, 3.63) is 36.3 Å². The zero-order valence-electron chi connectivity index (χ0n) is 10.9. The molecule has 5 heteroatoms. The highest BCUT2D eigenvalue weighted by Gasteiger charge is 2.07. The van der Waals surface area contributed by atoms with Crippen LogP contribution < -0.4 is 10.1 Å². The van der Waals surface area contributed by atoms with Crippen LogP contribution in [0.2, 0.25) is 0 Å². The maximum Gasteiger partial charge on any atom is 0.219 e. The van der Waals surface area contributed by atoms with Crippen molar-refractivity contribution < 1.29 is 4.74 Å². The van der Waals surface area contributed by atoms with E-state index < -0.39 is 0 Å². The number of nitrogens with zero attached hydrogens (tertiary/aromatic N) is 3. The molecule has 0 aromatic carbocycles. The van der Waals surface area contributed by atoms with Crippen LogP contribution >= 0.6 is 0 Å². The van der Waals surface area contributed by atoms with Crippen LogP contribution in [0.5, 0.6) is 11.6 Å². The fourth-order valence-corrected chi connectivity index (χ4v) is 1.75. The molecule has 0 aliphatic rings. The van der Waals surface area contributed by atoms with Crippen LogP contribution in [0, 0.1) is 0 Å². The lowest BCUT2D eigenvalue weighted by Gasteiger charge is -2.13. The van der Waals surface area contributed by atoms with Gasteiger partial charge in [-0.2, -0.15) is 5.10 Å². The van der Waals surface area contributed by atoms with Crippen LogP contribution in [0.1, 0.15) is 25.5 Å². The van der Waals surface area contributed by atoms with E-state index in [1.807, 2.05) is 25.4 Å². The van der Waals surface area contributed by atoms with Gasteiger partial charge in [-0.15, -0.1) is 0 Å². The molecule has 0 spiro atoms. The number of hydrogen-bond acceptors (Lipinski definition) is 4. The van der Waals surface area contributed by atoms with E-state index in [1.165, 1.54) is 0 Å². The third-order valence-corrected chi connectivity index (χ3v) is 2.67. The van der Waals surface area contributed by atoms with Gasteiger partial charge in [0.15, 0.2) is 5.75 Å². The lowest BCUT2D eigenvalue weighted by atomic mass is 10.1. The predicted octanol–water partition coefficient (Wildman–Crippen LogP) is 2.28. The summed E-state index contributed by atoms with van der Waals surface area (Å²) in [5.74, 6) is 1.28. The molecule has 2 heterocycles. The molecule has 0 bridgehead atoms. The molecule has 0 radical (unpaired) electrons. The molecule has 96 valence electrons. The molecule has 0 aliphatic carbocycles. The molecule has 5 nitrogen and oxygen atoms in total. The lowest BCUT2D eigenvalue weighted by molar-refractivity contribution is 0.459. The van der Waals surface area contributed by atoms with Gasteiger partial charge in [-0.3, -0.25) is 4.68 Å². The summed E-state index contributed by atoms with van der Waals surface area (Å²) in [4.78, 5) is 4.20. The maximum absolute atomic E-state index is 5.65. The Morgan fingerprint density at radius 2 is 2.33 bits per heavy atom. The number of pyridine rings is 1. The number of rotatable bonds is 5. The molecule has 0 fully saturated rings. The largest absolute Gasteiger partial charge is 0.436 e. The minimum Gasteiger partial charge on any atom is -0.436 e. The van der Waals surface area contributed by atoms with Gasteiger partial charge in [0, 0.05) is 25.4 Å². The Bertz CT molecular complexity index is 509. The van der Waals surface area contributed by atoms with Gasteiger partial charge in [-0.05, 0) is 25.1 Å². The first-order valence-electron chi connectivity index (χ1n) is 6.05.